The number of carbonyl (C=O) groups excluding carboxylic acids is 2. The third-order valence-corrected chi connectivity index (χ3v) is 7.60. The molecule has 2 aromatic carbocycles. The molecule has 0 fully saturated rings. The molecule has 2 N–H and O–H groups in total. The van der Waals surface area contributed by atoms with Crippen LogP contribution in [-0.2, 0) is 17.6 Å². The van der Waals surface area contributed by atoms with E-state index < -0.39 is 17.0 Å². The van der Waals surface area contributed by atoms with Crippen molar-refractivity contribution in [3.05, 3.63) is 80.2 Å². The first kappa shape index (κ1) is 22.9. The first-order chi connectivity index (χ1) is 17.0. The summed E-state index contributed by atoms with van der Waals surface area (Å²) in [7, 11) is 1.38. The van der Waals surface area contributed by atoms with E-state index in [0.29, 0.717) is 0 Å². The fraction of sp³-hybridized carbons (Fsp3) is 0.280. The van der Waals surface area contributed by atoms with Crippen molar-refractivity contribution in [2.24, 2.45) is 0 Å². The number of anilines is 2. The molecule has 1 atom stereocenters. The van der Waals surface area contributed by atoms with Crippen molar-refractivity contribution in [3.63, 3.8) is 0 Å². The number of ether oxygens (including phenoxy) is 1. The Hall–Kier alpha value is -3.92. The lowest BCUT2D eigenvalue weighted by Crippen LogP contribution is -2.41. The number of nitro groups is 1. The molecule has 1 unspecified atom stereocenters. The van der Waals surface area contributed by atoms with Crippen molar-refractivity contribution in [1.29, 1.82) is 0 Å². The van der Waals surface area contributed by atoms with Crippen LogP contribution in [0.1, 0.15) is 40.5 Å². The maximum atomic E-state index is 13.7. The highest BCUT2D eigenvalue weighted by molar-refractivity contribution is 7.16. The van der Waals surface area contributed by atoms with Gasteiger partial charge in [0.05, 0.1) is 29.8 Å². The molecule has 0 radical (unpaired) electrons. The van der Waals surface area contributed by atoms with Crippen LogP contribution in [0.15, 0.2) is 48.5 Å². The van der Waals surface area contributed by atoms with Crippen LogP contribution < -0.4 is 15.4 Å². The molecule has 2 heterocycles. The number of nitrogens with zero attached hydrogens (tertiary/aromatic N) is 2. The van der Waals surface area contributed by atoms with E-state index in [0.717, 1.165) is 41.8 Å². The Morgan fingerprint density at radius 3 is 2.71 bits per heavy atom. The SMILES string of the molecule is COc1cc([N+](=O)[O-])ccc1NC(=O)N1CC(=O)Nc2sc3c(c2C1c1ccccc1)CCCC3. The summed E-state index contributed by atoms with van der Waals surface area (Å²) in [5, 5.41) is 17.8. The second-order valence-corrected chi connectivity index (χ2v) is 9.62. The van der Waals surface area contributed by atoms with Crippen molar-refractivity contribution in [3.8, 4) is 5.75 Å². The van der Waals surface area contributed by atoms with Gasteiger partial charge in [-0.25, -0.2) is 4.79 Å². The van der Waals surface area contributed by atoms with Crippen molar-refractivity contribution in [2.75, 3.05) is 24.3 Å². The third-order valence-electron chi connectivity index (χ3n) is 6.38. The van der Waals surface area contributed by atoms with Crippen molar-refractivity contribution in [2.45, 2.75) is 31.7 Å². The van der Waals surface area contributed by atoms with Crippen LogP contribution in [0.5, 0.6) is 5.75 Å². The van der Waals surface area contributed by atoms with Gasteiger partial charge in [0.1, 0.15) is 17.3 Å². The Kier molecular flexibility index (Phi) is 6.12. The van der Waals surface area contributed by atoms with Gasteiger partial charge >= 0.3 is 6.03 Å². The number of thiophene rings is 1. The highest BCUT2D eigenvalue weighted by atomic mass is 32.1. The average molecular weight is 493 g/mol. The maximum Gasteiger partial charge on any atom is 0.323 e. The molecule has 1 aliphatic heterocycles. The Balaban J connectivity index is 1.58. The van der Waals surface area contributed by atoms with Crippen LogP contribution in [0.2, 0.25) is 0 Å². The minimum atomic E-state index is -0.528. The molecule has 5 rings (SSSR count). The summed E-state index contributed by atoms with van der Waals surface area (Å²) in [6, 6.07) is 12.7. The van der Waals surface area contributed by atoms with Crippen LogP contribution in [0.4, 0.5) is 21.2 Å². The van der Waals surface area contributed by atoms with E-state index >= 15 is 0 Å². The number of amides is 3. The van der Waals surface area contributed by atoms with Gasteiger partial charge in [0, 0.05) is 16.5 Å². The quantitative estimate of drug-likeness (QED) is 0.388. The van der Waals surface area contributed by atoms with Crippen molar-refractivity contribution < 1.29 is 19.2 Å². The lowest BCUT2D eigenvalue weighted by molar-refractivity contribution is -0.384. The molecule has 0 saturated carbocycles. The number of benzene rings is 2. The lowest BCUT2D eigenvalue weighted by atomic mass is 9.89. The fourth-order valence-corrected chi connectivity index (χ4v) is 6.13. The molecule has 10 heteroatoms. The predicted molar refractivity (Wildman–Crippen MR) is 133 cm³/mol. The Morgan fingerprint density at radius 2 is 1.97 bits per heavy atom. The number of non-ortho nitro benzene ring substituents is 1. The Labute approximate surface area is 205 Å². The number of carbonyl (C=O) groups is 2. The third kappa shape index (κ3) is 4.32. The predicted octanol–water partition coefficient (Wildman–Crippen LogP) is 5.12. The van der Waals surface area contributed by atoms with Gasteiger partial charge in [-0.15, -0.1) is 11.3 Å². The van der Waals surface area contributed by atoms with Crippen LogP contribution in [-0.4, -0.2) is 35.4 Å². The molecule has 180 valence electrons. The second-order valence-electron chi connectivity index (χ2n) is 8.51. The summed E-state index contributed by atoms with van der Waals surface area (Å²) in [4.78, 5) is 40.0. The Morgan fingerprint density at radius 1 is 1.20 bits per heavy atom. The van der Waals surface area contributed by atoms with Gasteiger partial charge in [-0.1, -0.05) is 30.3 Å². The minimum absolute atomic E-state index is 0.142. The van der Waals surface area contributed by atoms with Crippen LogP contribution in [0, 0.1) is 10.1 Å². The van der Waals surface area contributed by atoms with Crippen LogP contribution >= 0.6 is 11.3 Å². The van der Waals surface area contributed by atoms with Crippen LogP contribution in [0.25, 0.3) is 0 Å². The number of nitrogens with one attached hydrogen (secondary N) is 2. The molecule has 3 aromatic rings. The monoisotopic (exact) mass is 492 g/mol. The normalized spacial score (nSPS) is 17.0. The van der Waals surface area contributed by atoms with E-state index in [4.69, 9.17) is 4.74 Å². The number of nitro benzene ring substituents is 1. The van der Waals surface area contributed by atoms with E-state index in [1.54, 1.807) is 11.3 Å². The zero-order valence-corrected chi connectivity index (χ0v) is 19.9. The number of hydrogen-bond donors (Lipinski definition) is 2. The number of fused-ring (bicyclic) bond motifs is 3. The van der Waals surface area contributed by atoms with Gasteiger partial charge in [-0.3, -0.25) is 14.9 Å². The number of aryl methyl sites for hydroxylation is 1. The van der Waals surface area contributed by atoms with E-state index in [2.05, 4.69) is 10.6 Å². The van der Waals surface area contributed by atoms with Gasteiger partial charge < -0.3 is 20.3 Å². The largest absolute Gasteiger partial charge is 0.494 e. The fourth-order valence-electron chi connectivity index (χ4n) is 4.80. The molecule has 1 aromatic heterocycles. The van der Waals surface area contributed by atoms with Gasteiger partial charge in [0.25, 0.3) is 5.69 Å². The van der Waals surface area contributed by atoms with Gasteiger partial charge in [0.15, 0.2) is 0 Å². The number of methoxy groups -OCH3 is 1. The van der Waals surface area contributed by atoms with Gasteiger partial charge in [-0.2, -0.15) is 0 Å². The molecule has 2 aliphatic rings. The zero-order valence-electron chi connectivity index (χ0n) is 19.1. The molecule has 35 heavy (non-hydrogen) atoms. The summed E-state index contributed by atoms with van der Waals surface area (Å²) >= 11 is 1.61. The summed E-state index contributed by atoms with van der Waals surface area (Å²) in [6.07, 6.45) is 4.06. The average Bonchev–Trinajstić information content (AvgIpc) is 3.14. The molecular formula is C25H24N4O5S. The summed E-state index contributed by atoms with van der Waals surface area (Å²) < 4.78 is 5.28. The molecular weight excluding hydrogens is 468 g/mol. The highest BCUT2D eigenvalue weighted by Crippen LogP contribution is 2.46. The molecule has 0 spiro atoms. The topological polar surface area (TPSA) is 114 Å². The number of urea groups is 1. The number of rotatable bonds is 4. The van der Waals surface area contributed by atoms with E-state index in [1.807, 2.05) is 30.3 Å². The molecule has 9 nitrogen and oxygen atoms in total. The lowest BCUT2D eigenvalue weighted by Gasteiger charge is -2.31. The van der Waals surface area contributed by atoms with Crippen LogP contribution in [0.3, 0.4) is 0 Å². The minimum Gasteiger partial charge on any atom is -0.494 e. The highest BCUT2D eigenvalue weighted by Gasteiger charge is 2.38. The summed E-state index contributed by atoms with van der Waals surface area (Å²) in [6.45, 7) is -0.142. The van der Waals surface area contributed by atoms with Gasteiger partial charge in [-0.05, 0) is 42.9 Å². The molecule has 3 amide bonds. The zero-order chi connectivity index (χ0) is 24.5. The standard InChI is InChI=1S/C25H24N4O5S/c1-34-19-13-16(29(32)33)11-12-18(19)26-25(31)28-14-21(30)27-24-22(17-9-5-6-10-20(17)35-24)23(28)15-7-3-2-4-8-15/h2-4,7-8,11-13,23H,5-6,9-10,14H2,1H3,(H,26,31)(H,27,30). The van der Waals surface area contributed by atoms with Crippen molar-refractivity contribution in [1.82, 2.24) is 4.90 Å². The first-order valence-electron chi connectivity index (χ1n) is 11.4. The van der Waals surface area contributed by atoms with Gasteiger partial charge in [0.2, 0.25) is 5.91 Å². The Bertz CT molecular complexity index is 1310. The molecule has 0 saturated heterocycles. The first-order valence-corrected chi connectivity index (χ1v) is 12.2. The smallest absolute Gasteiger partial charge is 0.323 e. The summed E-state index contributed by atoms with van der Waals surface area (Å²) in [5.74, 6) is -0.106. The maximum absolute atomic E-state index is 13.7. The number of hydrogen-bond acceptors (Lipinski definition) is 6. The van der Waals surface area contributed by atoms with E-state index in [-0.39, 0.29) is 29.6 Å². The summed E-state index contributed by atoms with van der Waals surface area (Å²) in [5.41, 5.74) is 3.24. The van der Waals surface area contributed by atoms with Crippen molar-refractivity contribution >= 4 is 39.7 Å². The molecule has 1 aliphatic carbocycles. The second kappa shape index (κ2) is 9.38. The van der Waals surface area contributed by atoms with E-state index in [9.17, 15) is 19.7 Å². The molecule has 0 bridgehead atoms. The van der Waals surface area contributed by atoms with E-state index in [1.165, 1.54) is 40.6 Å².